The number of methoxy groups -OCH3 is 3. The number of aromatic nitrogens is 1. The van der Waals surface area contributed by atoms with E-state index in [1.165, 1.54) is 0 Å². The summed E-state index contributed by atoms with van der Waals surface area (Å²) >= 11 is 1.65. The van der Waals surface area contributed by atoms with Crippen LogP contribution in [0.15, 0.2) is 36.4 Å². The number of hydrogen-bond acceptors (Lipinski definition) is 5. The molecule has 0 saturated carbocycles. The van der Waals surface area contributed by atoms with Crippen molar-refractivity contribution in [2.45, 2.75) is 0 Å². The molecule has 4 aromatic rings. The van der Waals surface area contributed by atoms with Crippen LogP contribution in [0.3, 0.4) is 0 Å². The van der Waals surface area contributed by atoms with Crippen LogP contribution in [0, 0.1) is 0 Å². The summed E-state index contributed by atoms with van der Waals surface area (Å²) in [7, 11) is 4.95. The molecule has 23 heavy (non-hydrogen) atoms. The van der Waals surface area contributed by atoms with Crippen molar-refractivity contribution in [3.63, 3.8) is 0 Å². The lowest BCUT2D eigenvalue weighted by Gasteiger charge is -2.08. The lowest BCUT2D eigenvalue weighted by atomic mass is 10.1. The zero-order valence-corrected chi connectivity index (χ0v) is 13.9. The molecule has 0 saturated heterocycles. The highest BCUT2D eigenvalue weighted by Crippen LogP contribution is 2.45. The van der Waals surface area contributed by atoms with E-state index >= 15 is 0 Å². The zero-order chi connectivity index (χ0) is 16.0. The molecule has 0 spiro atoms. The van der Waals surface area contributed by atoms with Crippen molar-refractivity contribution >= 4 is 42.4 Å². The molecule has 0 aliphatic rings. The van der Waals surface area contributed by atoms with E-state index in [2.05, 4.69) is 11.1 Å². The van der Waals surface area contributed by atoms with Crippen LogP contribution in [0.4, 0.5) is 0 Å². The van der Waals surface area contributed by atoms with Crippen LogP contribution < -0.4 is 14.2 Å². The highest BCUT2D eigenvalue weighted by Gasteiger charge is 2.17. The predicted octanol–water partition coefficient (Wildman–Crippen LogP) is 4.63. The summed E-state index contributed by atoms with van der Waals surface area (Å²) < 4.78 is 18.6. The second-order valence-electron chi connectivity index (χ2n) is 5.15. The SMILES string of the molecule is COc1cc2sc3c(OC)nc4ccccc4c3c2cc1OC. The number of fused-ring (bicyclic) bond motifs is 5. The predicted molar refractivity (Wildman–Crippen MR) is 94.3 cm³/mol. The van der Waals surface area contributed by atoms with Gasteiger partial charge in [0.15, 0.2) is 11.5 Å². The fourth-order valence-corrected chi connectivity index (χ4v) is 4.12. The van der Waals surface area contributed by atoms with Crippen LogP contribution in [0.5, 0.6) is 17.4 Å². The van der Waals surface area contributed by atoms with E-state index in [0.717, 1.165) is 42.6 Å². The molecule has 2 heterocycles. The first-order valence-electron chi connectivity index (χ1n) is 7.17. The molecule has 0 atom stereocenters. The third-order valence-electron chi connectivity index (χ3n) is 3.98. The highest BCUT2D eigenvalue weighted by atomic mass is 32.1. The molecule has 0 aliphatic heterocycles. The van der Waals surface area contributed by atoms with E-state index in [1.807, 2.05) is 30.3 Å². The van der Waals surface area contributed by atoms with Crippen molar-refractivity contribution in [2.75, 3.05) is 21.3 Å². The van der Waals surface area contributed by atoms with E-state index in [4.69, 9.17) is 14.2 Å². The highest BCUT2D eigenvalue weighted by molar-refractivity contribution is 7.26. The molecule has 0 unspecified atom stereocenters. The number of pyridine rings is 1. The maximum Gasteiger partial charge on any atom is 0.232 e. The Morgan fingerprint density at radius 3 is 2.35 bits per heavy atom. The summed E-state index contributed by atoms with van der Waals surface area (Å²) in [4.78, 5) is 4.63. The molecule has 0 aliphatic carbocycles. The number of para-hydroxylation sites is 1. The molecule has 0 fully saturated rings. The first kappa shape index (κ1) is 14.1. The molecular weight excluding hydrogens is 310 g/mol. The van der Waals surface area contributed by atoms with Crippen LogP contribution in [-0.2, 0) is 0 Å². The summed E-state index contributed by atoms with van der Waals surface area (Å²) in [6.45, 7) is 0. The van der Waals surface area contributed by atoms with Gasteiger partial charge in [0.2, 0.25) is 5.88 Å². The number of thiophene rings is 1. The molecule has 2 aromatic carbocycles. The molecule has 2 aromatic heterocycles. The second kappa shape index (κ2) is 5.28. The van der Waals surface area contributed by atoms with Gasteiger partial charge in [-0.15, -0.1) is 11.3 Å². The van der Waals surface area contributed by atoms with Crippen molar-refractivity contribution in [3.05, 3.63) is 36.4 Å². The Balaban J connectivity index is 2.24. The van der Waals surface area contributed by atoms with Crippen molar-refractivity contribution in [3.8, 4) is 17.4 Å². The van der Waals surface area contributed by atoms with Gasteiger partial charge in [-0.1, -0.05) is 18.2 Å². The van der Waals surface area contributed by atoms with Crippen LogP contribution in [0.2, 0.25) is 0 Å². The lowest BCUT2D eigenvalue weighted by molar-refractivity contribution is 0.356. The number of nitrogens with zero attached hydrogens (tertiary/aromatic N) is 1. The Bertz CT molecular complexity index is 1040. The van der Waals surface area contributed by atoms with Gasteiger partial charge in [0.25, 0.3) is 0 Å². The number of benzene rings is 2. The molecule has 5 heteroatoms. The standard InChI is InChI=1S/C18H15NO3S/c1-20-13-8-11-15(9-14(13)21-2)23-17-16(11)10-6-4-5-7-12(10)19-18(17)22-3/h4-9H,1-3H3. The minimum absolute atomic E-state index is 0.651. The van der Waals surface area contributed by atoms with Crippen molar-refractivity contribution in [1.29, 1.82) is 0 Å². The normalized spacial score (nSPS) is 11.3. The molecule has 0 N–H and O–H groups in total. The number of ether oxygens (including phenoxy) is 3. The van der Waals surface area contributed by atoms with Crippen LogP contribution in [-0.4, -0.2) is 26.3 Å². The van der Waals surface area contributed by atoms with Crippen molar-refractivity contribution in [2.24, 2.45) is 0 Å². The molecule has 116 valence electrons. The summed E-state index contributed by atoms with van der Waals surface area (Å²) in [6, 6.07) is 12.1. The Hall–Kier alpha value is -2.53. The van der Waals surface area contributed by atoms with Gasteiger partial charge < -0.3 is 14.2 Å². The number of hydrogen-bond donors (Lipinski definition) is 0. The van der Waals surface area contributed by atoms with E-state index in [9.17, 15) is 0 Å². The summed E-state index contributed by atoms with van der Waals surface area (Å²) in [5, 5.41) is 3.38. The lowest BCUT2D eigenvalue weighted by Crippen LogP contribution is -1.90. The minimum atomic E-state index is 0.651. The summed E-state index contributed by atoms with van der Waals surface area (Å²) in [5.41, 5.74) is 0.923. The third kappa shape index (κ3) is 2.00. The van der Waals surface area contributed by atoms with Gasteiger partial charge in [0.1, 0.15) is 0 Å². The van der Waals surface area contributed by atoms with E-state index in [0.29, 0.717) is 5.88 Å². The van der Waals surface area contributed by atoms with Crippen molar-refractivity contribution in [1.82, 2.24) is 4.98 Å². The van der Waals surface area contributed by atoms with Gasteiger partial charge in [0.05, 0.1) is 31.5 Å². The Kier molecular flexibility index (Phi) is 3.23. The van der Waals surface area contributed by atoms with Gasteiger partial charge in [-0.25, -0.2) is 4.98 Å². The first-order valence-corrected chi connectivity index (χ1v) is 7.99. The summed E-state index contributed by atoms with van der Waals surface area (Å²) in [5.74, 6) is 2.10. The molecule has 4 nitrogen and oxygen atoms in total. The molecule has 4 rings (SSSR count). The smallest absolute Gasteiger partial charge is 0.232 e. The molecular formula is C18H15NO3S. The van der Waals surface area contributed by atoms with Gasteiger partial charge >= 0.3 is 0 Å². The Morgan fingerprint density at radius 1 is 0.870 bits per heavy atom. The largest absolute Gasteiger partial charge is 0.493 e. The fraction of sp³-hybridized carbons (Fsp3) is 0.167. The van der Waals surface area contributed by atoms with E-state index in [-0.39, 0.29) is 0 Å². The Morgan fingerprint density at radius 2 is 1.61 bits per heavy atom. The van der Waals surface area contributed by atoms with Gasteiger partial charge in [0, 0.05) is 26.9 Å². The van der Waals surface area contributed by atoms with Gasteiger partial charge in [-0.05, 0) is 12.1 Å². The minimum Gasteiger partial charge on any atom is -0.493 e. The third-order valence-corrected chi connectivity index (χ3v) is 5.12. The molecule has 0 bridgehead atoms. The van der Waals surface area contributed by atoms with Gasteiger partial charge in [-0.2, -0.15) is 0 Å². The average Bonchev–Trinajstić information content (AvgIpc) is 2.98. The fourth-order valence-electron chi connectivity index (χ4n) is 2.92. The Labute approximate surface area is 137 Å². The van der Waals surface area contributed by atoms with Crippen LogP contribution in [0.1, 0.15) is 0 Å². The quantitative estimate of drug-likeness (QED) is 0.551. The summed E-state index contributed by atoms with van der Waals surface area (Å²) in [6.07, 6.45) is 0. The average molecular weight is 325 g/mol. The molecule has 0 amide bonds. The molecule has 0 radical (unpaired) electrons. The monoisotopic (exact) mass is 325 g/mol. The maximum atomic E-state index is 5.52. The van der Waals surface area contributed by atoms with E-state index in [1.54, 1.807) is 32.7 Å². The second-order valence-corrected chi connectivity index (χ2v) is 6.20. The first-order chi connectivity index (χ1) is 11.3. The van der Waals surface area contributed by atoms with E-state index < -0.39 is 0 Å². The van der Waals surface area contributed by atoms with Gasteiger partial charge in [-0.3, -0.25) is 0 Å². The number of rotatable bonds is 3. The van der Waals surface area contributed by atoms with Crippen LogP contribution >= 0.6 is 11.3 Å². The van der Waals surface area contributed by atoms with Crippen molar-refractivity contribution < 1.29 is 14.2 Å². The maximum absolute atomic E-state index is 5.52. The topological polar surface area (TPSA) is 40.6 Å². The zero-order valence-electron chi connectivity index (χ0n) is 13.0. The van der Waals surface area contributed by atoms with Crippen LogP contribution in [0.25, 0.3) is 31.1 Å².